The monoisotopic (exact) mass is 448 g/mol. The molecule has 4 atom stereocenters. The number of fused-ring (bicyclic) bond motifs is 1. The molecule has 1 fully saturated rings. The highest BCUT2D eigenvalue weighted by Gasteiger charge is 2.42. The first-order valence-corrected chi connectivity index (χ1v) is 10.7. The fourth-order valence-corrected chi connectivity index (χ4v) is 4.19. The van der Waals surface area contributed by atoms with Crippen molar-refractivity contribution in [1.29, 1.82) is 0 Å². The maximum atomic E-state index is 13.1. The number of unbranched alkanes of at least 4 members (excludes halogenated alkanes) is 1. The van der Waals surface area contributed by atoms with E-state index in [2.05, 4.69) is 20.3 Å². The molecule has 7 N–H and O–H groups in total. The van der Waals surface area contributed by atoms with Gasteiger partial charge in [-0.3, -0.25) is 9.59 Å². The van der Waals surface area contributed by atoms with Crippen LogP contribution >= 0.6 is 0 Å². The van der Waals surface area contributed by atoms with Crippen molar-refractivity contribution in [3.05, 3.63) is 12.7 Å². The lowest BCUT2D eigenvalue weighted by atomic mass is 9.91. The van der Waals surface area contributed by atoms with Crippen LogP contribution in [0.2, 0.25) is 0 Å². The van der Waals surface area contributed by atoms with Crippen LogP contribution in [0.3, 0.4) is 0 Å². The smallest absolute Gasteiger partial charge is 0.239 e. The molecule has 0 unspecified atom stereocenters. The summed E-state index contributed by atoms with van der Waals surface area (Å²) in [4.78, 5) is 38.0. The molecular weight excluding hydrogens is 416 g/mol. The number of aliphatic hydroxyl groups excluding tert-OH is 1. The number of aromatic nitrogens is 4. The summed E-state index contributed by atoms with van der Waals surface area (Å²) in [6.45, 7) is 3.79. The molecule has 12 nitrogen and oxygen atoms in total. The summed E-state index contributed by atoms with van der Waals surface area (Å²) in [6, 6.07) is -1.38. The number of hydrogen-bond donors (Lipinski definition) is 5. The van der Waals surface area contributed by atoms with Gasteiger partial charge in [-0.05, 0) is 26.2 Å². The molecule has 0 spiro atoms. The van der Waals surface area contributed by atoms with E-state index in [1.54, 1.807) is 11.5 Å². The molecule has 3 heterocycles. The standard InChI is InChI=1S/C20H32N8O4/c1-12(29)23-6-4-3-5-14(21)19(31)27-8-13(30)7-20(2,32)15(9-27)28-11-26-16-17(22)24-10-25-18(16)28/h10-11,13-15,30,32H,3-9,21H2,1-2H3,(H,23,29)(H2,22,24,25)/t13-,14+,15+,20+/m1/s1. The lowest BCUT2D eigenvalue weighted by Crippen LogP contribution is -2.48. The molecule has 2 aromatic rings. The van der Waals surface area contributed by atoms with E-state index in [1.807, 2.05) is 0 Å². The van der Waals surface area contributed by atoms with Gasteiger partial charge >= 0.3 is 0 Å². The van der Waals surface area contributed by atoms with E-state index in [0.29, 0.717) is 37.0 Å². The van der Waals surface area contributed by atoms with E-state index in [9.17, 15) is 19.8 Å². The Bertz CT molecular complexity index is 962. The van der Waals surface area contributed by atoms with Gasteiger partial charge in [0.25, 0.3) is 0 Å². The Morgan fingerprint density at radius 2 is 2.06 bits per heavy atom. The zero-order valence-electron chi connectivity index (χ0n) is 18.4. The molecule has 1 saturated heterocycles. The van der Waals surface area contributed by atoms with Gasteiger partial charge in [0.1, 0.15) is 11.8 Å². The average Bonchev–Trinajstić information content (AvgIpc) is 3.09. The zero-order chi connectivity index (χ0) is 23.5. The lowest BCUT2D eigenvalue weighted by molar-refractivity contribution is -0.134. The van der Waals surface area contributed by atoms with Crippen molar-refractivity contribution >= 4 is 28.8 Å². The maximum Gasteiger partial charge on any atom is 0.239 e. The summed E-state index contributed by atoms with van der Waals surface area (Å²) in [5.41, 5.74) is 11.5. The number of aliphatic hydroxyl groups is 2. The summed E-state index contributed by atoms with van der Waals surface area (Å²) in [5.74, 6) is -0.179. The van der Waals surface area contributed by atoms with Gasteiger partial charge in [-0.1, -0.05) is 0 Å². The van der Waals surface area contributed by atoms with Crippen LogP contribution in [-0.4, -0.2) is 83.8 Å². The summed E-state index contributed by atoms with van der Waals surface area (Å²) in [6.07, 6.45) is 3.81. The van der Waals surface area contributed by atoms with Gasteiger partial charge in [0, 0.05) is 33.0 Å². The van der Waals surface area contributed by atoms with Gasteiger partial charge in [0.05, 0.1) is 30.1 Å². The number of carbonyl (C=O) groups is 2. The Morgan fingerprint density at radius 3 is 2.78 bits per heavy atom. The molecule has 1 aliphatic heterocycles. The minimum absolute atomic E-state index is 0.0631. The predicted octanol–water partition coefficient (Wildman–Crippen LogP) is -1.07. The number of nitrogens with zero attached hydrogens (tertiary/aromatic N) is 5. The molecule has 0 radical (unpaired) electrons. The van der Waals surface area contributed by atoms with Gasteiger partial charge in [-0.25, -0.2) is 15.0 Å². The van der Waals surface area contributed by atoms with E-state index in [-0.39, 0.29) is 37.1 Å². The molecule has 0 aliphatic carbocycles. The first-order chi connectivity index (χ1) is 15.1. The highest BCUT2D eigenvalue weighted by Crippen LogP contribution is 2.34. The van der Waals surface area contributed by atoms with Crippen LogP contribution in [0.5, 0.6) is 0 Å². The molecule has 32 heavy (non-hydrogen) atoms. The van der Waals surface area contributed by atoms with Crippen LogP contribution in [0, 0.1) is 0 Å². The van der Waals surface area contributed by atoms with E-state index in [4.69, 9.17) is 11.5 Å². The van der Waals surface area contributed by atoms with Gasteiger partial charge < -0.3 is 36.5 Å². The quantitative estimate of drug-likeness (QED) is 0.329. The maximum absolute atomic E-state index is 13.1. The molecule has 1 aliphatic rings. The number of amides is 2. The number of likely N-dealkylation sites (tertiary alicyclic amines) is 1. The summed E-state index contributed by atoms with van der Waals surface area (Å²) in [7, 11) is 0. The van der Waals surface area contributed by atoms with Crippen molar-refractivity contribution in [1.82, 2.24) is 29.7 Å². The summed E-state index contributed by atoms with van der Waals surface area (Å²) in [5, 5.41) is 24.4. The number of imidazole rings is 1. The largest absolute Gasteiger partial charge is 0.391 e. The topological polar surface area (TPSA) is 186 Å². The van der Waals surface area contributed by atoms with Crippen molar-refractivity contribution in [2.75, 3.05) is 25.4 Å². The minimum atomic E-state index is -1.34. The number of nitrogens with two attached hydrogens (primary N) is 2. The first kappa shape index (κ1) is 23.8. The Balaban J connectivity index is 1.76. The van der Waals surface area contributed by atoms with Crippen LogP contribution in [0.25, 0.3) is 11.2 Å². The third kappa shape index (κ3) is 5.31. The highest BCUT2D eigenvalue weighted by molar-refractivity contribution is 5.82. The molecule has 2 amide bonds. The van der Waals surface area contributed by atoms with Crippen LogP contribution in [-0.2, 0) is 9.59 Å². The van der Waals surface area contributed by atoms with Crippen LogP contribution in [0.1, 0.15) is 45.6 Å². The van der Waals surface area contributed by atoms with Gasteiger partial charge in [-0.15, -0.1) is 0 Å². The third-order valence-corrected chi connectivity index (χ3v) is 5.86. The van der Waals surface area contributed by atoms with E-state index >= 15 is 0 Å². The number of carbonyl (C=O) groups excluding carboxylic acids is 2. The molecule has 2 aromatic heterocycles. The molecule has 0 saturated carbocycles. The van der Waals surface area contributed by atoms with E-state index in [1.165, 1.54) is 24.5 Å². The highest BCUT2D eigenvalue weighted by atomic mass is 16.3. The molecule has 0 aromatic carbocycles. The van der Waals surface area contributed by atoms with Crippen LogP contribution in [0.4, 0.5) is 5.82 Å². The second-order valence-corrected chi connectivity index (χ2v) is 8.64. The lowest BCUT2D eigenvalue weighted by Gasteiger charge is -2.34. The Hall–Kier alpha value is -2.83. The van der Waals surface area contributed by atoms with Crippen molar-refractivity contribution in [2.45, 2.75) is 63.3 Å². The van der Waals surface area contributed by atoms with Gasteiger partial charge in [0.15, 0.2) is 11.5 Å². The Labute approximate surface area is 186 Å². The fraction of sp³-hybridized carbons (Fsp3) is 0.650. The minimum Gasteiger partial charge on any atom is -0.391 e. The van der Waals surface area contributed by atoms with Crippen molar-refractivity contribution in [2.24, 2.45) is 5.73 Å². The normalized spacial score (nSPS) is 24.8. The van der Waals surface area contributed by atoms with Crippen LogP contribution in [0.15, 0.2) is 12.7 Å². The second kappa shape index (κ2) is 9.76. The number of β-amino-alcohol motifs (C(OH)–C–C–N with tert-alkyl or cyclic N) is 1. The Morgan fingerprint density at radius 1 is 1.31 bits per heavy atom. The molecule has 3 rings (SSSR count). The number of anilines is 1. The van der Waals surface area contributed by atoms with Gasteiger partial charge in [-0.2, -0.15) is 0 Å². The zero-order valence-corrected chi connectivity index (χ0v) is 18.4. The van der Waals surface area contributed by atoms with Crippen molar-refractivity contribution in [3.63, 3.8) is 0 Å². The molecule has 12 heteroatoms. The second-order valence-electron chi connectivity index (χ2n) is 8.64. The number of hydrogen-bond acceptors (Lipinski definition) is 9. The van der Waals surface area contributed by atoms with Crippen molar-refractivity contribution in [3.8, 4) is 0 Å². The fourth-order valence-electron chi connectivity index (χ4n) is 4.19. The third-order valence-electron chi connectivity index (χ3n) is 5.86. The molecule has 176 valence electrons. The average molecular weight is 449 g/mol. The number of rotatable bonds is 7. The SMILES string of the molecule is CC(=O)NCCCC[C@H](N)C(=O)N1C[C@H](O)C[C@](C)(O)[C@@H](n2cnc3c(N)ncnc32)C1. The van der Waals surface area contributed by atoms with Crippen molar-refractivity contribution < 1.29 is 19.8 Å². The predicted molar refractivity (Wildman–Crippen MR) is 117 cm³/mol. The van der Waals surface area contributed by atoms with Gasteiger partial charge in [0.2, 0.25) is 11.8 Å². The van der Waals surface area contributed by atoms with E-state index < -0.39 is 23.8 Å². The summed E-state index contributed by atoms with van der Waals surface area (Å²) >= 11 is 0. The van der Waals surface area contributed by atoms with E-state index in [0.717, 1.165) is 0 Å². The number of nitrogen functional groups attached to an aromatic ring is 1. The number of nitrogens with one attached hydrogen (secondary N) is 1. The van der Waals surface area contributed by atoms with Crippen LogP contribution < -0.4 is 16.8 Å². The summed E-state index contributed by atoms with van der Waals surface area (Å²) < 4.78 is 1.67. The Kier molecular flexibility index (Phi) is 7.26. The molecule has 0 bridgehead atoms. The first-order valence-electron chi connectivity index (χ1n) is 10.7. The molecular formula is C20H32N8O4.